The third-order valence-electron chi connectivity index (χ3n) is 3.76. The van der Waals surface area contributed by atoms with E-state index in [1.165, 1.54) is 16.5 Å². The quantitative estimate of drug-likeness (QED) is 0.664. The zero-order valence-corrected chi connectivity index (χ0v) is 12.0. The number of benzene rings is 2. The van der Waals surface area contributed by atoms with Gasteiger partial charge >= 0.3 is 0 Å². The van der Waals surface area contributed by atoms with Crippen LogP contribution in [0.15, 0.2) is 59.2 Å². The molecule has 2 aromatic carbocycles. The minimum absolute atomic E-state index is 0.916. The van der Waals surface area contributed by atoms with Gasteiger partial charge in [0.25, 0.3) is 0 Å². The molecule has 0 atom stereocenters. The smallest absolute Gasteiger partial charge is 0.133 e. The van der Waals surface area contributed by atoms with Crippen LogP contribution in [0.1, 0.15) is 13.8 Å². The highest BCUT2D eigenvalue weighted by molar-refractivity contribution is 5.89. The number of hydrogen-bond acceptors (Lipinski definition) is 2. The second-order valence-corrected chi connectivity index (χ2v) is 4.90. The summed E-state index contributed by atoms with van der Waals surface area (Å²) in [5, 5.41) is 2.51. The van der Waals surface area contributed by atoms with Crippen LogP contribution in [-0.2, 0) is 0 Å². The van der Waals surface area contributed by atoms with Crippen LogP contribution in [0.4, 0.5) is 5.69 Å². The molecule has 1 heterocycles. The Morgan fingerprint density at radius 2 is 1.65 bits per heavy atom. The molecule has 3 rings (SSSR count). The number of fused-ring (bicyclic) bond motifs is 1. The van der Waals surface area contributed by atoms with E-state index < -0.39 is 0 Å². The molecule has 0 N–H and O–H groups in total. The van der Waals surface area contributed by atoms with Crippen molar-refractivity contribution in [3.05, 3.63) is 54.8 Å². The molecule has 20 heavy (non-hydrogen) atoms. The summed E-state index contributed by atoms with van der Waals surface area (Å²) < 4.78 is 5.46. The highest BCUT2D eigenvalue weighted by atomic mass is 16.3. The maximum atomic E-state index is 5.46. The van der Waals surface area contributed by atoms with Crippen molar-refractivity contribution in [2.24, 2.45) is 0 Å². The molecule has 0 fully saturated rings. The van der Waals surface area contributed by atoms with Crippen LogP contribution in [0.5, 0.6) is 0 Å². The second-order valence-electron chi connectivity index (χ2n) is 4.90. The molecule has 0 radical (unpaired) electrons. The summed E-state index contributed by atoms with van der Waals surface area (Å²) in [6.45, 7) is 6.44. The van der Waals surface area contributed by atoms with E-state index in [0.29, 0.717) is 0 Å². The molecular weight excluding hydrogens is 246 g/mol. The van der Waals surface area contributed by atoms with E-state index >= 15 is 0 Å². The summed E-state index contributed by atoms with van der Waals surface area (Å²) in [5.41, 5.74) is 2.41. The Bertz CT molecular complexity index is 697. The minimum Gasteiger partial charge on any atom is -0.464 e. The minimum atomic E-state index is 0.916. The van der Waals surface area contributed by atoms with Crippen LogP contribution >= 0.6 is 0 Å². The Labute approximate surface area is 119 Å². The first-order valence-corrected chi connectivity index (χ1v) is 7.14. The molecule has 0 amide bonds. The van der Waals surface area contributed by atoms with Crippen molar-refractivity contribution in [3.63, 3.8) is 0 Å². The summed E-state index contributed by atoms with van der Waals surface area (Å²) in [6.07, 6.45) is 1.71. The molecule has 0 saturated carbocycles. The van der Waals surface area contributed by atoms with Crippen molar-refractivity contribution in [1.82, 2.24) is 0 Å². The van der Waals surface area contributed by atoms with Crippen molar-refractivity contribution >= 4 is 16.5 Å². The van der Waals surface area contributed by atoms with Gasteiger partial charge in [0.15, 0.2) is 0 Å². The van der Waals surface area contributed by atoms with E-state index in [4.69, 9.17) is 4.42 Å². The molecule has 2 heteroatoms. The zero-order chi connectivity index (χ0) is 13.9. The number of nitrogens with zero attached hydrogens (tertiary/aromatic N) is 1. The maximum absolute atomic E-state index is 5.46. The van der Waals surface area contributed by atoms with Gasteiger partial charge in [-0.25, -0.2) is 0 Å². The SMILES string of the molecule is CCN(CC)c1ccc2cc(-c3ccco3)ccc2c1. The molecule has 0 spiro atoms. The third-order valence-corrected chi connectivity index (χ3v) is 3.76. The molecule has 0 aliphatic carbocycles. The Balaban J connectivity index is 2.03. The van der Waals surface area contributed by atoms with Gasteiger partial charge < -0.3 is 9.32 Å². The molecule has 102 valence electrons. The topological polar surface area (TPSA) is 16.4 Å². The van der Waals surface area contributed by atoms with Crippen molar-refractivity contribution in [3.8, 4) is 11.3 Å². The van der Waals surface area contributed by atoms with Crippen LogP contribution in [0, 0.1) is 0 Å². The third kappa shape index (κ3) is 2.29. The number of anilines is 1. The predicted octanol–water partition coefficient (Wildman–Crippen LogP) is 4.95. The van der Waals surface area contributed by atoms with E-state index in [0.717, 1.165) is 24.4 Å². The predicted molar refractivity (Wildman–Crippen MR) is 85.2 cm³/mol. The van der Waals surface area contributed by atoms with Crippen LogP contribution in [0.3, 0.4) is 0 Å². The average molecular weight is 265 g/mol. The molecule has 2 nitrogen and oxygen atoms in total. The first kappa shape index (κ1) is 12.8. The van der Waals surface area contributed by atoms with Gasteiger partial charge in [-0.3, -0.25) is 0 Å². The van der Waals surface area contributed by atoms with Crippen molar-refractivity contribution in [2.75, 3.05) is 18.0 Å². The molecule has 0 bridgehead atoms. The maximum Gasteiger partial charge on any atom is 0.133 e. The van der Waals surface area contributed by atoms with Gasteiger partial charge in [0, 0.05) is 24.3 Å². The molecular formula is C18H19NO. The van der Waals surface area contributed by atoms with Gasteiger partial charge in [-0.15, -0.1) is 0 Å². The Morgan fingerprint density at radius 1 is 0.900 bits per heavy atom. The lowest BCUT2D eigenvalue weighted by molar-refractivity contribution is 0.582. The lowest BCUT2D eigenvalue weighted by atomic mass is 10.0. The van der Waals surface area contributed by atoms with Crippen LogP contribution < -0.4 is 4.90 Å². The van der Waals surface area contributed by atoms with E-state index in [9.17, 15) is 0 Å². The van der Waals surface area contributed by atoms with Gasteiger partial charge in [0.1, 0.15) is 5.76 Å². The highest BCUT2D eigenvalue weighted by Gasteiger charge is 2.05. The monoisotopic (exact) mass is 265 g/mol. The van der Waals surface area contributed by atoms with Crippen molar-refractivity contribution in [1.29, 1.82) is 0 Å². The first-order chi connectivity index (χ1) is 9.81. The molecule has 0 aliphatic heterocycles. The average Bonchev–Trinajstić information content (AvgIpc) is 3.02. The van der Waals surface area contributed by atoms with E-state index in [2.05, 4.69) is 55.1 Å². The lowest BCUT2D eigenvalue weighted by Crippen LogP contribution is -2.21. The Kier molecular flexibility index (Phi) is 3.46. The van der Waals surface area contributed by atoms with Gasteiger partial charge in [-0.05, 0) is 55.0 Å². The van der Waals surface area contributed by atoms with Crippen molar-refractivity contribution in [2.45, 2.75) is 13.8 Å². The highest BCUT2D eigenvalue weighted by Crippen LogP contribution is 2.27. The normalized spacial score (nSPS) is 10.9. The summed E-state index contributed by atoms with van der Waals surface area (Å²) in [4.78, 5) is 2.36. The van der Waals surface area contributed by atoms with Gasteiger partial charge in [0.05, 0.1) is 6.26 Å². The fourth-order valence-corrected chi connectivity index (χ4v) is 2.61. The Hall–Kier alpha value is -2.22. The summed E-state index contributed by atoms with van der Waals surface area (Å²) in [6, 6.07) is 17.0. The largest absolute Gasteiger partial charge is 0.464 e. The van der Waals surface area contributed by atoms with Crippen LogP contribution in [0.25, 0.3) is 22.1 Å². The molecule has 0 aliphatic rings. The fraction of sp³-hybridized carbons (Fsp3) is 0.222. The Morgan fingerprint density at radius 3 is 2.35 bits per heavy atom. The molecule has 0 unspecified atom stereocenters. The van der Waals surface area contributed by atoms with Gasteiger partial charge in [0.2, 0.25) is 0 Å². The van der Waals surface area contributed by atoms with Gasteiger partial charge in [-0.1, -0.05) is 18.2 Å². The molecule has 1 aromatic heterocycles. The van der Waals surface area contributed by atoms with E-state index in [1.54, 1.807) is 6.26 Å². The number of rotatable bonds is 4. The van der Waals surface area contributed by atoms with E-state index in [-0.39, 0.29) is 0 Å². The van der Waals surface area contributed by atoms with Crippen LogP contribution in [0.2, 0.25) is 0 Å². The zero-order valence-electron chi connectivity index (χ0n) is 12.0. The summed E-state index contributed by atoms with van der Waals surface area (Å²) in [5.74, 6) is 0.916. The second kappa shape index (κ2) is 5.41. The standard InChI is InChI=1S/C18H19NO/c1-3-19(4-2)17-10-9-14-12-16(8-7-15(14)13-17)18-6-5-11-20-18/h5-13H,3-4H2,1-2H3. The molecule has 0 saturated heterocycles. The fourth-order valence-electron chi connectivity index (χ4n) is 2.61. The van der Waals surface area contributed by atoms with Crippen LogP contribution in [-0.4, -0.2) is 13.1 Å². The number of hydrogen-bond donors (Lipinski definition) is 0. The van der Waals surface area contributed by atoms with E-state index in [1.807, 2.05) is 12.1 Å². The number of furan rings is 1. The molecule has 3 aromatic rings. The van der Waals surface area contributed by atoms with Crippen molar-refractivity contribution < 1.29 is 4.42 Å². The lowest BCUT2D eigenvalue weighted by Gasteiger charge is -2.21. The summed E-state index contributed by atoms with van der Waals surface area (Å²) in [7, 11) is 0. The van der Waals surface area contributed by atoms with Gasteiger partial charge in [-0.2, -0.15) is 0 Å². The first-order valence-electron chi connectivity index (χ1n) is 7.14. The summed E-state index contributed by atoms with van der Waals surface area (Å²) >= 11 is 0.